The molecular weight excluding hydrogens is 407 g/mol. The lowest BCUT2D eigenvalue weighted by atomic mass is 10.1. The SMILES string of the molecule is [C-]#[N+]c1c(NN2C(=O)C=C(C)C2=O)nc(-c2ccc(C(F)(F)F)cc2)nc1SC. The average molecular weight is 419 g/mol. The molecule has 0 radical (unpaired) electrons. The maximum absolute atomic E-state index is 12.8. The molecule has 0 spiro atoms. The summed E-state index contributed by atoms with van der Waals surface area (Å²) in [5, 5.41) is 0.962. The molecule has 1 N–H and O–H groups in total. The van der Waals surface area contributed by atoms with Crippen LogP contribution in [0.25, 0.3) is 16.2 Å². The lowest BCUT2D eigenvalue weighted by Crippen LogP contribution is -2.36. The van der Waals surface area contributed by atoms with Crippen molar-refractivity contribution in [2.24, 2.45) is 0 Å². The summed E-state index contributed by atoms with van der Waals surface area (Å²) < 4.78 is 38.4. The van der Waals surface area contributed by atoms with Gasteiger partial charge in [-0.3, -0.25) is 15.0 Å². The normalized spacial score (nSPS) is 14.1. The van der Waals surface area contributed by atoms with Gasteiger partial charge < -0.3 is 0 Å². The van der Waals surface area contributed by atoms with Gasteiger partial charge in [0.1, 0.15) is 5.03 Å². The van der Waals surface area contributed by atoms with Crippen molar-refractivity contribution in [1.29, 1.82) is 0 Å². The molecule has 0 atom stereocenters. The fourth-order valence-electron chi connectivity index (χ4n) is 2.49. The Kier molecular flexibility index (Phi) is 5.30. The summed E-state index contributed by atoms with van der Waals surface area (Å²) in [6.07, 6.45) is -1.68. The second-order valence-electron chi connectivity index (χ2n) is 5.86. The van der Waals surface area contributed by atoms with Crippen molar-refractivity contribution in [3.05, 3.63) is 52.9 Å². The number of amides is 2. The van der Waals surface area contributed by atoms with E-state index in [0.717, 1.165) is 30.0 Å². The summed E-state index contributed by atoms with van der Waals surface area (Å²) in [6.45, 7) is 8.85. The number of nitrogens with one attached hydrogen (secondary N) is 1. The molecule has 0 unspecified atom stereocenters. The average Bonchev–Trinajstić information content (AvgIpc) is 2.92. The molecule has 0 saturated carbocycles. The number of rotatable bonds is 4. The number of hydrogen-bond donors (Lipinski definition) is 1. The number of thioether (sulfide) groups is 1. The fourth-order valence-corrected chi connectivity index (χ4v) is 3.01. The van der Waals surface area contributed by atoms with Crippen LogP contribution in [-0.4, -0.2) is 33.0 Å². The molecule has 148 valence electrons. The number of carbonyl (C=O) groups is 2. The largest absolute Gasteiger partial charge is 0.416 e. The Morgan fingerprint density at radius 3 is 2.31 bits per heavy atom. The summed E-state index contributed by atoms with van der Waals surface area (Å²) in [4.78, 5) is 35.8. The minimum absolute atomic E-state index is 0.0154. The van der Waals surface area contributed by atoms with E-state index in [4.69, 9.17) is 6.57 Å². The topological polar surface area (TPSA) is 79.5 Å². The zero-order valence-corrected chi connectivity index (χ0v) is 15.9. The van der Waals surface area contributed by atoms with Crippen molar-refractivity contribution in [3.63, 3.8) is 0 Å². The Hall–Kier alpha value is -3.39. The standard InChI is InChI=1S/C18H12F3N5O2S/c1-9-8-12(27)26(17(9)28)25-15-13(22-2)16(29-3)24-14(23-15)10-4-6-11(7-5-10)18(19,20)21/h4-8H,1,3H3,(H,23,24,25). The van der Waals surface area contributed by atoms with E-state index in [1.807, 2.05) is 0 Å². The number of halogens is 3. The molecule has 11 heteroatoms. The number of anilines is 1. The van der Waals surface area contributed by atoms with Crippen molar-refractivity contribution in [1.82, 2.24) is 15.0 Å². The molecule has 2 heterocycles. The fraction of sp³-hybridized carbons (Fsp3) is 0.167. The van der Waals surface area contributed by atoms with E-state index in [1.54, 1.807) is 6.26 Å². The van der Waals surface area contributed by atoms with Crippen LogP contribution in [0.4, 0.5) is 24.7 Å². The number of aromatic nitrogens is 2. The van der Waals surface area contributed by atoms with Crippen LogP contribution in [0.1, 0.15) is 12.5 Å². The Bertz CT molecular complexity index is 1070. The van der Waals surface area contributed by atoms with Crippen LogP contribution in [-0.2, 0) is 15.8 Å². The second-order valence-corrected chi connectivity index (χ2v) is 6.65. The number of benzene rings is 1. The second kappa shape index (κ2) is 7.56. The van der Waals surface area contributed by atoms with Gasteiger partial charge in [-0.2, -0.15) is 18.2 Å². The van der Waals surface area contributed by atoms with E-state index in [9.17, 15) is 22.8 Å². The van der Waals surface area contributed by atoms with Crippen molar-refractivity contribution < 1.29 is 22.8 Å². The first kappa shape index (κ1) is 20.3. The van der Waals surface area contributed by atoms with Crippen LogP contribution in [0.2, 0.25) is 0 Å². The van der Waals surface area contributed by atoms with E-state index < -0.39 is 23.6 Å². The van der Waals surface area contributed by atoms with Crippen molar-refractivity contribution in [2.75, 3.05) is 11.7 Å². The van der Waals surface area contributed by atoms with Crippen molar-refractivity contribution in [3.8, 4) is 11.4 Å². The molecule has 1 aliphatic rings. The van der Waals surface area contributed by atoms with Gasteiger partial charge in [0.15, 0.2) is 11.6 Å². The van der Waals surface area contributed by atoms with Gasteiger partial charge in [-0.25, -0.2) is 14.8 Å². The molecule has 0 aliphatic carbocycles. The zero-order chi connectivity index (χ0) is 21.3. The highest BCUT2D eigenvalue weighted by molar-refractivity contribution is 7.98. The van der Waals surface area contributed by atoms with Crippen LogP contribution >= 0.6 is 11.8 Å². The summed E-state index contributed by atoms with van der Waals surface area (Å²) in [6, 6.07) is 4.21. The molecule has 7 nitrogen and oxygen atoms in total. The highest BCUT2D eigenvalue weighted by atomic mass is 32.2. The first-order chi connectivity index (χ1) is 13.7. The number of alkyl halides is 3. The van der Waals surface area contributed by atoms with Crippen LogP contribution < -0.4 is 5.43 Å². The molecule has 29 heavy (non-hydrogen) atoms. The third-order valence-corrected chi connectivity index (χ3v) is 4.62. The van der Waals surface area contributed by atoms with E-state index in [1.165, 1.54) is 19.1 Å². The van der Waals surface area contributed by atoms with Gasteiger partial charge in [0, 0.05) is 17.2 Å². The number of hydrazine groups is 1. The molecule has 1 aromatic carbocycles. The van der Waals surface area contributed by atoms with Gasteiger partial charge in [-0.05, 0) is 25.3 Å². The number of carbonyl (C=O) groups excluding carboxylic acids is 2. The summed E-state index contributed by atoms with van der Waals surface area (Å²) >= 11 is 1.12. The molecule has 1 aliphatic heterocycles. The van der Waals surface area contributed by atoms with E-state index >= 15 is 0 Å². The predicted molar refractivity (Wildman–Crippen MR) is 99.7 cm³/mol. The first-order valence-electron chi connectivity index (χ1n) is 8.00. The third kappa shape index (κ3) is 3.93. The van der Waals surface area contributed by atoms with E-state index in [-0.39, 0.29) is 33.5 Å². The molecule has 0 saturated heterocycles. The highest BCUT2D eigenvalue weighted by Crippen LogP contribution is 2.36. The Labute approximate surface area is 167 Å². The number of imide groups is 1. The quantitative estimate of drug-likeness (QED) is 0.348. The van der Waals surface area contributed by atoms with Gasteiger partial charge in [-0.1, -0.05) is 12.1 Å². The number of nitrogens with zero attached hydrogens (tertiary/aromatic N) is 4. The molecule has 3 rings (SSSR count). The molecule has 0 fully saturated rings. The van der Waals surface area contributed by atoms with Gasteiger partial charge >= 0.3 is 6.18 Å². The molecule has 2 aromatic rings. The minimum atomic E-state index is -4.48. The van der Waals surface area contributed by atoms with Crippen molar-refractivity contribution >= 4 is 35.1 Å². The van der Waals surface area contributed by atoms with Crippen LogP contribution in [0.5, 0.6) is 0 Å². The van der Waals surface area contributed by atoms with Gasteiger partial charge in [0.05, 0.1) is 12.1 Å². The molecule has 1 aromatic heterocycles. The van der Waals surface area contributed by atoms with Gasteiger partial charge in [0.25, 0.3) is 17.5 Å². The van der Waals surface area contributed by atoms with Crippen LogP contribution in [0, 0.1) is 6.57 Å². The number of hydrogen-bond acceptors (Lipinski definition) is 6. The Morgan fingerprint density at radius 1 is 1.17 bits per heavy atom. The zero-order valence-electron chi connectivity index (χ0n) is 15.0. The molecule has 0 bridgehead atoms. The maximum Gasteiger partial charge on any atom is 0.416 e. The lowest BCUT2D eigenvalue weighted by Gasteiger charge is -2.18. The summed E-state index contributed by atoms with van der Waals surface area (Å²) in [7, 11) is 0. The molecule has 2 amide bonds. The molecular formula is C18H12F3N5O2S. The first-order valence-corrected chi connectivity index (χ1v) is 9.22. The van der Waals surface area contributed by atoms with Crippen molar-refractivity contribution in [2.45, 2.75) is 18.1 Å². The van der Waals surface area contributed by atoms with Gasteiger partial charge in [-0.15, -0.1) is 11.8 Å². The van der Waals surface area contributed by atoms with Crippen LogP contribution in [0.15, 0.2) is 40.9 Å². The lowest BCUT2D eigenvalue weighted by molar-refractivity contribution is -0.138. The summed E-state index contributed by atoms with van der Waals surface area (Å²) in [5.74, 6) is -1.27. The van der Waals surface area contributed by atoms with Crippen LogP contribution in [0.3, 0.4) is 0 Å². The predicted octanol–water partition coefficient (Wildman–Crippen LogP) is 4.08. The highest BCUT2D eigenvalue weighted by Gasteiger charge is 2.31. The Morgan fingerprint density at radius 2 is 1.83 bits per heavy atom. The smallest absolute Gasteiger partial charge is 0.281 e. The third-order valence-electron chi connectivity index (χ3n) is 3.95. The monoisotopic (exact) mass is 419 g/mol. The van der Waals surface area contributed by atoms with Gasteiger partial charge in [0.2, 0.25) is 0 Å². The maximum atomic E-state index is 12.8. The van der Waals surface area contributed by atoms with E-state index in [2.05, 4.69) is 20.2 Å². The minimum Gasteiger partial charge on any atom is -0.281 e. The van der Waals surface area contributed by atoms with E-state index in [0.29, 0.717) is 5.01 Å². The summed E-state index contributed by atoms with van der Waals surface area (Å²) in [5.41, 5.74) is 2.19. The Balaban J connectivity index is 2.04.